The van der Waals surface area contributed by atoms with Gasteiger partial charge in [0.05, 0.1) is 34.4 Å². The SMILES string of the molecule is CCCCCCC/C=C\C/C=C\CCCCCCCCCCCCCCCCCCCCCCCCCC(=O)OC(COC(=O)CCCCCCCCCCCCCCCCCCCCCCCCCCCCCCCC)COC(OCC[N+](C)(C)C)C(=O)O. The molecule has 9 nitrogen and oxygen atoms in total. The maximum absolute atomic E-state index is 13.0. The molecule has 0 saturated carbocycles. The van der Waals surface area contributed by atoms with Gasteiger partial charge in [0.1, 0.15) is 13.2 Å². The maximum atomic E-state index is 13.0. The van der Waals surface area contributed by atoms with Gasteiger partial charge in [-0.3, -0.25) is 9.59 Å². The van der Waals surface area contributed by atoms with Crippen molar-refractivity contribution in [3.63, 3.8) is 0 Å². The zero-order chi connectivity index (χ0) is 65.4. The molecule has 532 valence electrons. The number of carboxylic acids is 1. The van der Waals surface area contributed by atoms with Crippen molar-refractivity contribution < 1.29 is 42.9 Å². The minimum Gasteiger partial charge on any atom is -0.477 e. The van der Waals surface area contributed by atoms with Crippen LogP contribution in [0.15, 0.2) is 24.3 Å². The number of carbonyl (C=O) groups is 3. The van der Waals surface area contributed by atoms with Crippen molar-refractivity contribution in [1.82, 2.24) is 0 Å². The summed E-state index contributed by atoms with van der Waals surface area (Å²) in [4.78, 5) is 37.7. The molecule has 0 aromatic carbocycles. The lowest BCUT2D eigenvalue weighted by Gasteiger charge is -2.25. The van der Waals surface area contributed by atoms with E-state index in [1.54, 1.807) is 0 Å². The van der Waals surface area contributed by atoms with E-state index in [2.05, 4.69) is 38.2 Å². The first-order valence-electron chi connectivity index (χ1n) is 40.0. The number of quaternary nitrogens is 1. The van der Waals surface area contributed by atoms with E-state index in [0.29, 0.717) is 17.4 Å². The molecule has 0 amide bonds. The summed E-state index contributed by atoms with van der Waals surface area (Å²) in [7, 11) is 6.00. The Morgan fingerprint density at radius 2 is 0.600 bits per heavy atom. The summed E-state index contributed by atoms with van der Waals surface area (Å²) in [6, 6.07) is 0. The Kier molecular flexibility index (Phi) is 70.8. The quantitative estimate of drug-likeness (QED) is 0.0211. The Labute approximate surface area is 560 Å². The lowest BCUT2D eigenvalue weighted by molar-refractivity contribution is -0.870. The molecule has 0 aliphatic rings. The van der Waals surface area contributed by atoms with Gasteiger partial charge in [-0.15, -0.1) is 0 Å². The summed E-state index contributed by atoms with van der Waals surface area (Å²) < 4.78 is 23.1. The molecule has 0 heterocycles. The van der Waals surface area contributed by atoms with Crippen molar-refractivity contribution in [3.8, 4) is 0 Å². The lowest BCUT2D eigenvalue weighted by Crippen LogP contribution is -2.40. The van der Waals surface area contributed by atoms with Crippen LogP contribution >= 0.6 is 0 Å². The van der Waals surface area contributed by atoms with Crippen LogP contribution in [-0.2, 0) is 33.3 Å². The molecular formula is C81H156NO8+. The van der Waals surface area contributed by atoms with Crippen LogP contribution in [0.2, 0.25) is 0 Å². The largest absolute Gasteiger partial charge is 0.477 e. The van der Waals surface area contributed by atoms with E-state index in [1.807, 2.05) is 21.1 Å². The Morgan fingerprint density at radius 1 is 0.333 bits per heavy atom. The first-order valence-corrected chi connectivity index (χ1v) is 40.0. The van der Waals surface area contributed by atoms with Gasteiger partial charge >= 0.3 is 17.9 Å². The third-order valence-electron chi connectivity index (χ3n) is 18.5. The van der Waals surface area contributed by atoms with Gasteiger partial charge in [0, 0.05) is 12.8 Å². The third kappa shape index (κ3) is 73.2. The van der Waals surface area contributed by atoms with Crippen molar-refractivity contribution >= 4 is 17.9 Å². The lowest BCUT2D eigenvalue weighted by atomic mass is 10.0. The number of likely N-dealkylation sites (N-methyl/N-ethyl adjacent to an activating group) is 1. The second kappa shape index (κ2) is 72.6. The number of carbonyl (C=O) groups excluding carboxylic acids is 2. The van der Waals surface area contributed by atoms with Crippen molar-refractivity contribution in [1.29, 1.82) is 0 Å². The molecule has 0 aliphatic heterocycles. The standard InChI is InChI=1S/C81H155NO8/c1-6-8-10-12-14-16-18-20-22-24-26-28-30-32-34-36-38-39-40-41-42-44-46-48-50-52-54-56-58-60-62-64-66-68-70-72-79(84)90-77(76-89-81(80(85)86)87-74-73-82(3,4)5)75-88-78(83)71-69-67-65-63-61-59-57-55-53-51-49-47-45-43-37-35-33-31-29-27-25-23-21-19-17-15-13-11-9-7-2/h18,20,24,26,77,81H,6-17,19,21-23,25,27-76H2,1-5H3/p+1/b20-18-,26-24-. The molecule has 0 aliphatic carbocycles. The predicted octanol–water partition coefficient (Wildman–Crippen LogP) is 25.3. The van der Waals surface area contributed by atoms with Gasteiger partial charge in [0.25, 0.3) is 6.29 Å². The fourth-order valence-electron chi connectivity index (χ4n) is 12.3. The van der Waals surface area contributed by atoms with Gasteiger partial charge in [0.2, 0.25) is 0 Å². The minimum atomic E-state index is -1.51. The van der Waals surface area contributed by atoms with E-state index < -0.39 is 18.4 Å². The highest BCUT2D eigenvalue weighted by atomic mass is 16.7. The average Bonchev–Trinajstić information content (AvgIpc) is 3.73. The smallest absolute Gasteiger partial charge is 0.361 e. The molecule has 0 bridgehead atoms. The van der Waals surface area contributed by atoms with Crippen LogP contribution in [0.25, 0.3) is 0 Å². The van der Waals surface area contributed by atoms with Crippen LogP contribution < -0.4 is 0 Å². The van der Waals surface area contributed by atoms with Gasteiger partial charge < -0.3 is 28.5 Å². The van der Waals surface area contributed by atoms with Crippen LogP contribution in [0.3, 0.4) is 0 Å². The number of aliphatic carboxylic acids is 1. The fraction of sp³-hybridized carbons (Fsp3) is 0.914. The molecule has 0 radical (unpaired) electrons. The number of carboxylic acid groups (broad SMARTS) is 1. The molecule has 9 heteroatoms. The number of unbranched alkanes of at least 4 members (excludes halogenated alkanes) is 57. The van der Waals surface area contributed by atoms with Crippen molar-refractivity contribution in [3.05, 3.63) is 24.3 Å². The number of nitrogens with zero attached hydrogens (tertiary/aromatic N) is 1. The van der Waals surface area contributed by atoms with E-state index in [-0.39, 0.29) is 38.2 Å². The Morgan fingerprint density at radius 3 is 0.878 bits per heavy atom. The molecule has 2 unspecified atom stereocenters. The summed E-state index contributed by atoms with van der Waals surface area (Å²) in [5.41, 5.74) is 0. The summed E-state index contributed by atoms with van der Waals surface area (Å²) in [6.07, 6.45) is 89.1. The number of ether oxygens (including phenoxy) is 4. The van der Waals surface area contributed by atoms with Crippen molar-refractivity contribution in [2.45, 2.75) is 431 Å². The monoisotopic (exact) mass is 1270 g/mol. The fourth-order valence-corrected chi connectivity index (χ4v) is 12.3. The Bertz CT molecular complexity index is 1530. The first-order chi connectivity index (χ1) is 44.1. The zero-order valence-corrected chi connectivity index (χ0v) is 61.1. The van der Waals surface area contributed by atoms with Crippen LogP contribution in [-0.4, -0.2) is 87.4 Å². The molecule has 0 aromatic heterocycles. The number of esters is 2. The summed E-state index contributed by atoms with van der Waals surface area (Å²) >= 11 is 0. The van der Waals surface area contributed by atoms with Gasteiger partial charge in [-0.25, -0.2) is 4.79 Å². The molecule has 0 aromatic rings. The van der Waals surface area contributed by atoms with Crippen molar-refractivity contribution in [2.24, 2.45) is 0 Å². The Balaban J connectivity index is 3.96. The molecular weight excluding hydrogens is 1110 g/mol. The molecule has 0 saturated heterocycles. The second-order valence-corrected chi connectivity index (χ2v) is 28.7. The van der Waals surface area contributed by atoms with E-state index >= 15 is 0 Å². The highest BCUT2D eigenvalue weighted by Crippen LogP contribution is 2.20. The second-order valence-electron chi connectivity index (χ2n) is 28.7. The molecule has 0 rings (SSSR count). The van der Waals surface area contributed by atoms with E-state index in [0.717, 1.165) is 44.9 Å². The van der Waals surface area contributed by atoms with E-state index in [4.69, 9.17) is 18.9 Å². The van der Waals surface area contributed by atoms with Crippen LogP contribution in [0.1, 0.15) is 418 Å². The highest BCUT2D eigenvalue weighted by Gasteiger charge is 2.25. The summed E-state index contributed by atoms with van der Waals surface area (Å²) in [5.74, 6) is -1.97. The van der Waals surface area contributed by atoms with Gasteiger partial charge in [-0.2, -0.15) is 0 Å². The number of rotatable bonds is 76. The zero-order valence-electron chi connectivity index (χ0n) is 61.1. The first kappa shape index (κ1) is 87.8. The van der Waals surface area contributed by atoms with Crippen LogP contribution in [0, 0.1) is 0 Å². The van der Waals surface area contributed by atoms with Crippen LogP contribution in [0.4, 0.5) is 0 Å². The van der Waals surface area contributed by atoms with Gasteiger partial charge in [-0.1, -0.05) is 385 Å². The van der Waals surface area contributed by atoms with Gasteiger partial charge in [0.15, 0.2) is 6.10 Å². The highest BCUT2D eigenvalue weighted by molar-refractivity contribution is 5.71. The van der Waals surface area contributed by atoms with Crippen molar-refractivity contribution in [2.75, 3.05) is 47.5 Å². The molecule has 90 heavy (non-hydrogen) atoms. The normalized spacial score (nSPS) is 12.7. The van der Waals surface area contributed by atoms with E-state index in [9.17, 15) is 19.5 Å². The average molecular weight is 1270 g/mol. The van der Waals surface area contributed by atoms with Gasteiger partial charge in [-0.05, 0) is 44.9 Å². The summed E-state index contributed by atoms with van der Waals surface area (Å²) in [6.45, 7) is 4.96. The number of allylic oxidation sites excluding steroid dienone is 4. The molecule has 1 N–H and O–H groups in total. The third-order valence-corrected chi connectivity index (χ3v) is 18.5. The maximum Gasteiger partial charge on any atom is 0.361 e. The van der Waals surface area contributed by atoms with E-state index in [1.165, 1.54) is 347 Å². The molecule has 2 atom stereocenters. The minimum absolute atomic E-state index is 0.174. The number of hydrogen-bond donors (Lipinski definition) is 1. The van der Waals surface area contributed by atoms with Crippen LogP contribution in [0.5, 0.6) is 0 Å². The Hall–Kier alpha value is -2.23. The summed E-state index contributed by atoms with van der Waals surface area (Å²) in [5, 5.41) is 9.77. The predicted molar refractivity (Wildman–Crippen MR) is 388 cm³/mol. The number of hydrogen-bond acceptors (Lipinski definition) is 7. The molecule has 0 fully saturated rings. The topological polar surface area (TPSA) is 108 Å². The molecule has 0 spiro atoms.